The third-order valence-electron chi connectivity index (χ3n) is 3.97. The normalized spacial score (nSPS) is 11.5. The van der Waals surface area contributed by atoms with Gasteiger partial charge in [0.15, 0.2) is 0 Å². The van der Waals surface area contributed by atoms with Gasteiger partial charge in [0.05, 0.1) is 18.2 Å². The molecule has 6 nitrogen and oxygen atoms in total. The van der Waals surface area contributed by atoms with E-state index >= 15 is 0 Å². The lowest BCUT2D eigenvalue weighted by Gasteiger charge is -2.15. The summed E-state index contributed by atoms with van der Waals surface area (Å²) in [6.07, 6.45) is 1.70. The summed E-state index contributed by atoms with van der Waals surface area (Å²) >= 11 is 0. The lowest BCUT2D eigenvalue weighted by molar-refractivity contribution is 0.0526. The first kappa shape index (κ1) is 18.4. The molecule has 0 aliphatic rings. The van der Waals surface area contributed by atoms with Gasteiger partial charge in [0.25, 0.3) is 0 Å². The number of ether oxygens (including phenoxy) is 1. The van der Waals surface area contributed by atoms with Gasteiger partial charge in [0, 0.05) is 11.9 Å². The zero-order chi connectivity index (χ0) is 19.1. The Morgan fingerprint density at radius 2 is 1.81 bits per heavy atom. The predicted molar refractivity (Wildman–Crippen MR) is 106 cm³/mol. The molecule has 1 heterocycles. The van der Waals surface area contributed by atoms with Gasteiger partial charge in [-0.3, -0.25) is 0 Å². The van der Waals surface area contributed by atoms with Crippen LogP contribution in [0.1, 0.15) is 35.8 Å². The van der Waals surface area contributed by atoms with Crippen LogP contribution in [0.25, 0.3) is 0 Å². The number of nitrogens with zero attached hydrogens (tertiary/aromatic N) is 2. The van der Waals surface area contributed by atoms with E-state index in [0.717, 1.165) is 11.3 Å². The van der Waals surface area contributed by atoms with Crippen LogP contribution in [0.4, 0.5) is 17.5 Å². The van der Waals surface area contributed by atoms with E-state index in [9.17, 15) is 4.79 Å². The highest BCUT2D eigenvalue weighted by molar-refractivity contribution is 5.89. The Balaban J connectivity index is 1.66. The molecule has 0 aliphatic carbocycles. The van der Waals surface area contributed by atoms with Crippen LogP contribution in [0.15, 0.2) is 66.9 Å². The van der Waals surface area contributed by atoms with Crippen molar-refractivity contribution in [2.24, 2.45) is 0 Å². The van der Waals surface area contributed by atoms with Crippen LogP contribution in [0.3, 0.4) is 0 Å². The summed E-state index contributed by atoms with van der Waals surface area (Å²) in [4.78, 5) is 20.5. The van der Waals surface area contributed by atoms with Gasteiger partial charge in [-0.25, -0.2) is 9.78 Å². The Morgan fingerprint density at radius 1 is 1.07 bits per heavy atom. The molecule has 0 spiro atoms. The molecule has 0 radical (unpaired) electrons. The summed E-state index contributed by atoms with van der Waals surface area (Å²) in [5.41, 5.74) is 2.50. The summed E-state index contributed by atoms with van der Waals surface area (Å²) in [5.74, 6) is 0.878. The van der Waals surface area contributed by atoms with Crippen LogP contribution in [0.2, 0.25) is 0 Å². The lowest BCUT2D eigenvalue weighted by atomic mass is 10.1. The fourth-order valence-electron chi connectivity index (χ4n) is 2.57. The van der Waals surface area contributed by atoms with Crippen molar-refractivity contribution in [2.45, 2.75) is 19.9 Å². The van der Waals surface area contributed by atoms with Gasteiger partial charge < -0.3 is 15.4 Å². The molecular weight excluding hydrogens is 340 g/mol. The fraction of sp³-hybridized carbons (Fsp3) is 0.190. The first-order valence-corrected chi connectivity index (χ1v) is 8.84. The van der Waals surface area contributed by atoms with Crippen LogP contribution in [-0.4, -0.2) is 22.5 Å². The number of aromatic nitrogens is 2. The van der Waals surface area contributed by atoms with E-state index in [0.29, 0.717) is 23.9 Å². The molecule has 1 atom stereocenters. The molecule has 27 heavy (non-hydrogen) atoms. The molecule has 2 aromatic carbocycles. The molecule has 0 saturated carbocycles. The van der Waals surface area contributed by atoms with Gasteiger partial charge in [-0.2, -0.15) is 4.98 Å². The van der Waals surface area contributed by atoms with Crippen LogP contribution in [0.5, 0.6) is 0 Å². The summed E-state index contributed by atoms with van der Waals surface area (Å²) in [6.45, 7) is 4.21. The quantitative estimate of drug-likeness (QED) is 0.600. The maximum Gasteiger partial charge on any atom is 0.338 e. The van der Waals surface area contributed by atoms with Gasteiger partial charge in [0.1, 0.15) is 5.82 Å². The summed E-state index contributed by atoms with van der Waals surface area (Å²) < 4.78 is 4.99. The van der Waals surface area contributed by atoms with E-state index < -0.39 is 0 Å². The van der Waals surface area contributed by atoms with Crippen LogP contribution in [-0.2, 0) is 4.74 Å². The van der Waals surface area contributed by atoms with Crippen molar-refractivity contribution in [3.8, 4) is 0 Å². The third kappa shape index (κ3) is 5.04. The van der Waals surface area contributed by atoms with E-state index in [-0.39, 0.29) is 12.0 Å². The third-order valence-corrected chi connectivity index (χ3v) is 3.97. The van der Waals surface area contributed by atoms with Gasteiger partial charge >= 0.3 is 5.97 Å². The van der Waals surface area contributed by atoms with E-state index in [4.69, 9.17) is 4.74 Å². The van der Waals surface area contributed by atoms with Crippen molar-refractivity contribution in [1.82, 2.24) is 9.97 Å². The molecule has 138 valence electrons. The second-order valence-corrected chi connectivity index (χ2v) is 5.97. The topological polar surface area (TPSA) is 76.1 Å². The van der Waals surface area contributed by atoms with Crippen molar-refractivity contribution < 1.29 is 9.53 Å². The summed E-state index contributed by atoms with van der Waals surface area (Å²) in [5, 5.41) is 6.51. The number of benzene rings is 2. The molecule has 0 fully saturated rings. The number of hydrogen-bond acceptors (Lipinski definition) is 6. The number of hydrogen-bond donors (Lipinski definition) is 2. The van der Waals surface area contributed by atoms with E-state index in [1.807, 2.05) is 30.3 Å². The van der Waals surface area contributed by atoms with E-state index in [2.05, 4.69) is 39.7 Å². The highest BCUT2D eigenvalue weighted by Gasteiger charge is 2.08. The average Bonchev–Trinajstić information content (AvgIpc) is 2.70. The second kappa shape index (κ2) is 8.80. The molecule has 0 bridgehead atoms. The monoisotopic (exact) mass is 362 g/mol. The van der Waals surface area contributed by atoms with Gasteiger partial charge in [-0.1, -0.05) is 30.3 Å². The molecule has 0 saturated heterocycles. The second-order valence-electron chi connectivity index (χ2n) is 5.97. The lowest BCUT2D eigenvalue weighted by Crippen LogP contribution is -2.10. The molecule has 0 amide bonds. The van der Waals surface area contributed by atoms with Crippen molar-refractivity contribution in [3.63, 3.8) is 0 Å². The Labute approximate surface area is 158 Å². The number of rotatable bonds is 7. The van der Waals surface area contributed by atoms with Crippen LogP contribution in [0, 0.1) is 0 Å². The minimum absolute atomic E-state index is 0.0883. The molecule has 1 unspecified atom stereocenters. The summed E-state index contributed by atoms with van der Waals surface area (Å²) in [7, 11) is 0. The van der Waals surface area contributed by atoms with E-state index in [1.54, 1.807) is 31.3 Å². The molecule has 3 rings (SSSR count). The first-order valence-electron chi connectivity index (χ1n) is 8.84. The number of anilines is 3. The van der Waals surface area contributed by atoms with Gasteiger partial charge in [-0.15, -0.1) is 0 Å². The first-order chi connectivity index (χ1) is 13.2. The van der Waals surface area contributed by atoms with E-state index in [1.165, 1.54) is 0 Å². The van der Waals surface area contributed by atoms with Crippen molar-refractivity contribution in [2.75, 3.05) is 17.2 Å². The number of nitrogens with one attached hydrogen (secondary N) is 2. The maximum atomic E-state index is 11.7. The number of carbonyl (C=O) groups is 1. The van der Waals surface area contributed by atoms with Crippen molar-refractivity contribution in [1.29, 1.82) is 0 Å². The minimum atomic E-state index is -0.326. The zero-order valence-corrected chi connectivity index (χ0v) is 15.3. The summed E-state index contributed by atoms with van der Waals surface area (Å²) in [6, 6.07) is 19.1. The van der Waals surface area contributed by atoms with Crippen molar-refractivity contribution >= 4 is 23.4 Å². The Hall–Kier alpha value is -3.41. The molecule has 3 aromatic rings. The van der Waals surface area contributed by atoms with Crippen LogP contribution >= 0.6 is 0 Å². The molecule has 6 heteroatoms. The van der Waals surface area contributed by atoms with Crippen molar-refractivity contribution in [3.05, 3.63) is 78.0 Å². The highest BCUT2D eigenvalue weighted by Crippen LogP contribution is 2.19. The molecule has 2 N–H and O–H groups in total. The maximum absolute atomic E-state index is 11.7. The average molecular weight is 362 g/mol. The predicted octanol–water partition coefficient (Wildman–Crippen LogP) is 4.57. The number of carbonyl (C=O) groups excluding carboxylic acids is 1. The standard InChI is InChI=1S/C21H22N4O2/c1-3-27-20(26)17-9-11-18(12-10-17)24-19-13-14-22-21(25-19)23-15(2)16-7-5-4-6-8-16/h4-15H,3H2,1-2H3,(H2,22,23,24,25). The van der Waals surface area contributed by atoms with Crippen LogP contribution < -0.4 is 10.6 Å². The smallest absolute Gasteiger partial charge is 0.338 e. The largest absolute Gasteiger partial charge is 0.462 e. The Morgan fingerprint density at radius 3 is 2.52 bits per heavy atom. The zero-order valence-electron chi connectivity index (χ0n) is 15.3. The fourth-order valence-corrected chi connectivity index (χ4v) is 2.57. The number of esters is 1. The Kier molecular flexibility index (Phi) is 5.99. The Bertz CT molecular complexity index is 882. The molecular formula is C21H22N4O2. The molecule has 0 aliphatic heterocycles. The van der Waals surface area contributed by atoms with Gasteiger partial charge in [0.2, 0.25) is 5.95 Å². The minimum Gasteiger partial charge on any atom is -0.462 e. The molecule has 1 aromatic heterocycles. The highest BCUT2D eigenvalue weighted by atomic mass is 16.5. The van der Waals surface area contributed by atoms with Gasteiger partial charge in [-0.05, 0) is 49.7 Å². The SMILES string of the molecule is CCOC(=O)c1ccc(Nc2ccnc(NC(C)c3ccccc3)n2)cc1.